The van der Waals surface area contributed by atoms with Crippen LogP contribution in [-0.2, 0) is 35.0 Å². The summed E-state index contributed by atoms with van der Waals surface area (Å²) in [6.07, 6.45) is -2.33. The Morgan fingerprint density at radius 3 is 1.33 bits per heavy atom. The summed E-state index contributed by atoms with van der Waals surface area (Å²) in [5.74, 6) is 2.18. The molecule has 2 aromatic carbocycles. The van der Waals surface area contributed by atoms with Gasteiger partial charge in [-0.1, -0.05) is 73.8 Å². The molecule has 0 aliphatic rings. The van der Waals surface area contributed by atoms with Crippen LogP contribution in [-0.4, -0.2) is 6.16 Å². The van der Waals surface area contributed by atoms with Crippen molar-refractivity contribution in [1.82, 2.24) is 0 Å². The first kappa shape index (κ1) is 21.9. The summed E-state index contributed by atoms with van der Waals surface area (Å²) < 4.78 is 0. The zero-order chi connectivity index (χ0) is 18.0. The maximum absolute atomic E-state index is 8.33. The largest absolute Gasteiger partial charge is 0.652 e. The fraction of sp³-hybridized carbons (Fsp3) is 0.105. The van der Waals surface area contributed by atoms with Gasteiger partial charge in [0.15, 0.2) is 0 Å². The summed E-state index contributed by atoms with van der Waals surface area (Å²) in [5.41, 5.74) is 2.76. The van der Waals surface area contributed by atoms with Crippen molar-refractivity contribution in [1.29, 1.82) is 0 Å². The van der Waals surface area contributed by atoms with Gasteiger partial charge in [-0.3, -0.25) is 0 Å². The van der Waals surface area contributed by atoms with Crippen LogP contribution in [0.5, 0.6) is 0 Å². The molecule has 2 aromatic rings. The molecule has 0 saturated heterocycles. The minimum atomic E-state index is -2.33. The van der Waals surface area contributed by atoms with Crippen molar-refractivity contribution >= 4 is 29.7 Å². The third kappa shape index (κ3) is 14.8. The van der Waals surface area contributed by atoms with Crippen molar-refractivity contribution in [3.63, 3.8) is 0 Å². The number of thiol groups is 2. The number of carbonyl (C=O) groups is 1. The molecule has 0 amide bonds. The molecule has 128 valence electrons. The van der Waals surface area contributed by atoms with Crippen LogP contribution in [0, 0.1) is 0 Å². The van der Waals surface area contributed by atoms with Crippen LogP contribution in [0.15, 0.2) is 84.6 Å². The van der Waals surface area contributed by atoms with E-state index in [1.807, 2.05) is 22.9 Å². The smallest absolute Gasteiger partial charge is 0.135 e. The molecule has 2 rings (SSSR count). The molecule has 0 atom stereocenters. The van der Waals surface area contributed by atoms with E-state index in [0.29, 0.717) is 0 Å². The van der Waals surface area contributed by atoms with Gasteiger partial charge in [0.05, 0.1) is 0 Å². The van der Waals surface area contributed by atoms with Crippen LogP contribution in [0.3, 0.4) is 0 Å². The number of carbonyl (C=O) groups excluding carboxylic acids is 1. The Bertz CT molecular complexity index is 520. The van der Waals surface area contributed by atoms with Gasteiger partial charge in [0.2, 0.25) is 0 Å². The molecule has 0 N–H and O–H groups in total. The third-order valence-corrected chi connectivity index (χ3v) is 4.10. The van der Waals surface area contributed by atoms with E-state index in [1.54, 1.807) is 0 Å². The van der Waals surface area contributed by atoms with E-state index in [2.05, 4.69) is 61.7 Å². The summed E-state index contributed by atoms with van der Waals surface area (Å²) >= 11 is 2.58. The minimum absolute atomic E-state index is 1.09. The molecule has 0 unspecified atom stereocenters. The zero-order valence-corrected chi connectivity index (χ0v) is 15.2. The Kier molecular flexibility index (Phi) is 14.4. The number of rotatable bonds is 6. The van der Waals surface area contributed by atoms with Gasteiger partial charge in [-0.05, 0) is 6.16 Å². The van der Waals surface area contributed by atoms with E-state index >= 15 is 0 Å². The Hall–Kier alpha value is -2.11. The molecule has 0 saturated carbocycles. The molecule has 3 nitrogen and oxygen atoms in total. The fourth-order valence-electron chi connectivity index (χ4n) is 1.51. The van der Waals surface area contributed by atoms with Gasteiger partial charge < -0.3 is 15.0 Å². The van der Waals surface area contributed by atoms with Crippen molar-refractivity contribution in [2.75, 3.05) is 0 Å². The fourth-order valence-corrected chi connectivity index (χ4v) is 2.61. The lowest BCUT2D eigenvalue weighted by atomic mass is 10.2. The van der Waals surface area contributed by atoms with Crippen LogP contribution in [0.1, 0.15) is 11.1 Å². The molecule has 0 radical (unpaired) electrons. The second kappa shape index (κ2) is 15.8. The quantitative estimate of drug-likeness (QED) is 0.582. The lowest BCUT2D eigenvalue weighted by Crippen LogP contribution is -2.37. The van der Waals surface area contributed by atoms with Gasteiger partial charge in [-0.25, -0.2) is 0 Å². The van der Waals surface area contributed by atoms with Gasteiger partial charge in [-0.15, -0.1) is 0 Å². The number of hydrogen-bond donors (Lipinski definition) is 0. The van der Waals surface area contributed by atoms with Crippen molar-refractivity contribution < 1.29 is 15.0 Å². The summed E-state index contributed by atoms with van der Waals surface area (Å²) in [6, 6.07) is 20.9. The van der Waals surface area contributed by atoms with E-state index in [9.17, 15) is 0 Å². The lowest BCUT2D eigenvalue weighted by Gasteiger charge is -1.96. The van der Waals surface area contributed by atoms with E-state index in [-0.39, 0.29) is 0 Å². The molecule has 0 heterocycles. The van der Waals surface area contributed by atoms with Crippen LogP contribution in [0.2, 0.25) is 0 Å². The highest BCUT2D eigenvalue weighted by atomic mass is 32.2. The third-order valence-electron chi connectivity index (χ3n) is 2.49. The van der Waals surface area contributed by atoms with Gasteiger partial charge >= 0.3 is 0 Å². The Labute approximate surface area is 152 Å². The first-order valence-corrected chi connectivity index (χ1v) is 9.40. The topological polar surface area (TPSA) is 63.2 Å². The number of carboxylic acid groups (broad SMARTS) is 2. The van der Waals surface area contributed by atoms with E-state index < -0.39 is 6.16 Å². The molecule has 5 heteroatoms. The summed E-state index contributed by atoms with van der Waals surface area (Å²) in [6.45, 7) is 7.33. The Balaban J connectivity index is 0.000000363. The molecule has 0 aliphatic heterocycles. The summed E-state index contributed by atoms with van der Waals surface area (Å²) in [7, 11) is 0. The van der Waals surface area contributed by atoms with Gasteiger partial charge in [0, 0.05) is 34.7 Å². The highest BCUT2D eigenvalue weighted by molar-refractivity contribution is 7.80. The SMILES string of the molecule is C=C[SH+]Cc1ccccc1.C=C[SH+]Cc1ccccc1.O=C([O-])[O-]. The first-order valence-electron chi connectivity index (χ1n) is 7.11. The van der Waals surface area contributed by atoms with Crippen LogP contribution in [0.25, 0.3) is 0 Å². The minimum Gasteiger partial charge on any atom is -0.652 e. The molecule has 0 bridgehead atoms. The van der Waals surface area contributed by atoms with Gasteiger partial charge in [-0.2, -0.15) is 0 Å². The maximum atomic E-state index is 8.33. The molecule has 0 fully saturated rings. The van der Waals surface area contributed by atoms with Crippen LogP contribution < -0.4 is 10.2 Å². The van der Waals surface area contributed by atoms with Crippen LogP contribution in [0.4, 0.5) is 4.79 Å². The van der Waals surface area contributed by atoms with E-state index in [1.165, 1.54) is 34.7 Å². The van der Waals surface area contributed by atoms with Crippen molar-refractivity contribution in [2.24, 2.45) is 0 Å². The Morgan fingerprint density at radius 2 is 1.08 bits per heavy atom. The average molecular weight is 363 g/mol. The predicted octanol–water partition coefficient (Wildman–Crippen LogP) is 1.84. The van der Waals surface area contributed by atoms with Crippen molar-refractivity contribution in [3.8, 4) is 0 Å². The van der Waals surface area contributed by atoms with Gasteiger partial charge in [0.25, 0.3) is 0 Å². The molecular formula is C19H22O3S2. The predicted molar refractivity (Wildman–Crippen MR) is 104 cm³/mol. The monoisotopic (exact) mass is 362 g/mol. The lowest BCUT2D eigenvalue weighted by molar-refractivity contribution is -0.415. The first-order chi connectivity index (χ1) is 11.6. The standard InChI is InChI=1S/2C9H10S.CH2O3/c2*1-2-10-8-9-6-4-3-5-7-9;2-1(3)4/h2*2-7H,1,8H2;(H2,2,3,4). The maximum Gasteiger partial charge on any atom is 0.135 e. The Morgan fingerprint density at radius 1 is 0.792 bits per heavy atom. The average Bonchev–Trinajstić information content (AvgIpc) is 2.60. The van der Waals surface area contributed by atoms with Crippen LogP contribution >= 0.6 is 0 Å². The normalized spacial score (nSPS) is 8.67. The number of benzene rings is 2. The second-order valence-corrected chi connectivity index (χ2v) is 6.36. The molecule has 24 heavy (non-hydrogen) atoms. The van der Waals surface area contributed by atoms with Crippen molar-refractivity contribution in [2.45, 2.75) is 11.5 Å². The second-order valence-electron chi connectivity index (χ2n) is 4.27. The molecule has 0 aliphatic carbocycles. The molecule has 0 aromatic heterocycles. The molecular weight excluding hydrogens is 340 g/mol. The molecule has 0 spiro atoms. The van der Waals surface area contributed by atoms with E-state index in [4.69, 9.17) is 15.0 Å². The highest BCUT2D eigenvalue weighted by Gasteiger charge is 1.93. The van der Waals surface area contributed by atoms with Crippen molar-refractivity contribution in [3.05, 3.63) is 95.8 Å². The van der Waals surface area contributed by atoms with E-state index in [0.717, 1.165) is 11.5 Å². The number of hydrogen-bond acceptors (Lipinski definition) is 3. The highest BCUT2D eigenvalue weighted by Crippen LogP contribution is 2.00. The zero-order valence-electron chi connectivity index (χ0n) is 13.4. The summed E-state index contributed by atoms with van der Waals surface area (Å²) in [4.78, 5) is 8.33. The van der Waals surface area contributed by atoms with Gasteiger partial charge in [0.1, 0.15) is 22.3 Å². The summed E-state index contributed by atoms with van der Waals surface area (Å²) in [5, 5.41) is 20.5.